The van der Waals surface area contributed by atoms with Crippen LogP contribution in [0.5, 0.6) is 5.75 Å². The van der Waals surface area contributed by atoms with Gasteiger partial charge in [0.05, 0.1) is 0 Å². The maximum absolute atomic E-state index is 12.2. The van der Waals surface area contributed by atoms with Crippen molar-refractivity contribution in [3.05, 3.63) is 29.8 Å². The van der Waals surface area contributed by atoms with Gasteiger partial charge in [-0.05, 0) is 44.0 Å². The molecule has 1 aromatic rings. The van der Waals surface area contributed by atoms with Gasteiger partial charge in [-0.2, -0.15) is 13.2 Å². The fraction of sp³-hybridized carbons (Fsp3) is 0.500. The van der Waals surface area contributed by atoms with Gasteiger partial charge in [0.1, 0.15) is 5.75 Å². The van der Waals surface area contributed by atoms with Gasteiger partial charge < -0.3 is 10.5 Å². The van der Waals surface area contributed by atoms with E-state index in [2.05, 4.69) is 0 Å². The number of rotatable bonds is 5. The van der Waals surface area contributed by atoms with Gasteiger partial charge in [0, 0.05) is 0 Å². The maximum atomic E-state index is 12.2. The van der Waals surface area contributed by atoms with E-state index >= 15 is 0 Å². The van der Waals surface area contributed by atoms with E-state index in [1.807, 2.05) is 0 Å². The fourth-order valence-corrected chi connectivity index (χ4v) is 1.31. The van der Waals surface area contributed by atoms with Gasteiger partial charge >= 0.3 is 6.18 Å². The van der Waals surface area contributed by atoms with E-state index in [-0.39, 0.29) is 5.75 Å². The topological polar surface area (TPSA) is 35.2 Å². The van der Waals surface area contributed by atoms with Gasteiger partial charge in [-0.15, -0.1) is 0 Å². The number of ether oxygens (including phenoxy) is 1. The first-order valence-electron chi connectivity index (χ1n) is 5.46. The minimum Gasteiger partial charge on any atom is -0.481 e. The molecular weight excluding hydrogens is 231 g/mol. The second-order valence-electron chi connectivity index (χ2n) is 3.84. The van der Waals surface area contributed by atoms with Crippen LogP contribution in [0.25, 0.3) is 0 Å². The number of alkyl halides is 3. The first kappa shape index (κ1) is 13.8. The highest BCUT2D eigenvalue weighted by Gasteiger charge is 2.37. The Morgan fingerprint density at radius 2 is 1.82 bits per heavy atom. The summed E-state index contributed by atoms with van der Waals surface area (Å²) in [5, 5.41) is 0. The summed E-state index contributed by atoms with van der Waals surface area (Å²) in [5.41, 5.74) is 6.41. The Bertz CT molecular complexity index is 335. The van der Waals surface area contributed by atoms with E-state index in [1.165, 1.54) is 0 Å². The molecule has 1 aromatic carbocycles. The van der Waals surface area contributed by atoms with Crippen molar-refractivity contribution in [2.75, 3.05) is 6.54 Å². The molecule has 1 atom stereocenters. The van der Waals surface area contributed by atoms with E-state index in [9.17, 15) is 13.2 Å². The highest BCUT2D eigenvalue weighted by molar-refractivity contribution is 5.27. The highest BCUT2D eigenvalue weighted by Crippen LogP contribution is 2.25. The van der Waals surface area contributed by atoms with Gasteiger partial charge in [-0.1, -0.05) is 12.1 Å². The third-order valence-electron chi connectivity index (χ3n) is 2.37. The maximum Gasteiger partial charge on any atom is 0.425 e. The Kier molecular flexibility index (Phi) is 4.81. The number of aryl methyl sites for hydroxylation is 1. The SMILES string of the molecule is CC(Oc1ccc(CCCN)cc1)C(F)(F)F. The quantitative estimate of drug-likeness (QED) is 0.868. The van der Waals surface area contributed by atoms with Crippen molar-refractivity contribution < 1.29 is 17.9 Å². The lowest BCUT2D eigenvalue weighted by Gasteiger charge is -2.17. The van der Waals surface area contributed by atoms with E-state index < -0.39 is 12.3 Å². The first-order valence-corrected chi connectivity index (χ1v) is 5.46. The fourth-order valence-electron chi connectivity index (χ4n) is 1.31. The van der Waals surface area contributed by atoms with Crippen molar-refractivity contribution in [1.82, 2.24) is 0 Å². The highest BCUT2D eigenvalue weighted by atomic mass is 19.4. The summed E-state index contributed by atoms with van der Waals surface area (Å²) in [6.07, 6.45) is -4.44. The van der Waals surface area contributed by atoms with Crippen LogP contribution in [0, 0.1) is 0 Å². The van der Waals surface area contributed by atoms with Crippen molar-refractivity contribution in [2.45, 2.75) is 32.0 Å². The molecule has 5 heteroatoms. The zero-order valence-corrected chi connectivity index (χ0v) is 9.63. The lowest BCUT2D eigenvalue weighted by Crippen LogP contribution is -2.31. The second kappa shape index (κ2) is 5.91. The predicted octanol–water partition coefficient (Wildman–Crippen LogP) is 2.91. The largest absolute Gasteiger partial charge is 0.481 e. The zero-order chi connectivity index (χ0) is 12.9. The molecule has 0 saturated heterocycles. The molecule has 2 nitrogen and oxygen atoms in total. The molecule has 0 aliphatic heterocycles. The van der Waals surface area contributed by atoms with Crippen molar-refractivity contribution in [1.29, 1.82) is 0 Å². The average molecular weight is 247 g/mol. The summed E-state index contributed by atoms with van der Waals surface area (Å²) in [6.45, 7) is 1.59. The molecule has 1 unspecified atom stereocenters. The second-order valence-corrected chi connectivity index (χ2v) is 3.84. The van der Waals surface area contributed by atoms with Crippen LogP contribution in [0.15, 0.2) is 24.3 Å². The Morgan fingerprint density at radius 1 is 1.24 bits per heavy atom. The molecule has 0 radical (unpaired) electrons. The number of halogens is 3. The number of hydrogen-bond donors (Lipinski definition) is 1. The van der Waals surface area contributed by atoms with Gasteiger partial charge in [0.15, 0.2) is 6.10 Å². The van der Waals surface area contributed by atoms with E-state index in [0.717, 1.165) is 25.3 Å². The Labute approximate surface area is 98.6 Å². The monoisotopic (exact) mass is 247 g/mol. The minimum atomic E-state index is -4.34. The molecule has 0 heterocycles. The van der Waals surface area contributed by atoms with E-state index in [4.69, 9.17) is 10.5 Å². The summed E-state index contributed by atoms with van der Waals surface area (Å²) in [4.78, 5) is 0. The molecule has 2 N–H and O–H groups in total. The first-order chi connectivity index (χ1) is 7.93. The van der Waals surface area contributed by atoms with Crippen molar-refractivity contribution in [3.63, 3.8) is 0 Å². The van der Waals surface area contributed by atoms with Crippen LogP contribution in [0.4, 0.5) is 13.2 Å². The molecule has 0 spiro atoms. The molecule has 1 rings (SSSR count). The summed E-state index contributed by atoms with van der Waals surface area (Å²) < 4.78 is 41.5. The molecule has 0 fully saturated rings. The number of hydrogen-bond acceptors (Lipinski definition) is 2. The van der Waals surface area contributed by atoms with Gasteiger partial charge in [0.25, 0.3) is 0 Å². The molecule has 0 amide bonds. The summed E-state index contributed by atoms with van der Waals surface area (Å²) in [5.74, 6) is 0.228. The summed E-state index contributed by atoms with van der Waals surface area (Å²) in [7, 11) is 0. The molecule has 0 saturated carbocycles. The zero-order valence-electron chi connectivity index (χ0n) is 9.63. The van der Waals surface area contributed by atoms with Crippen LogP contribution >= 0.6 is 0 Å². The molecule has 17 heavy (non-hydrogen) atoms. The average Bonchev–Trinajstić information content (AvgIpc) is 2.27. The summed E-state index contributed by atoms with van der Waals surface area (Å²) >= 11 is 0. The van der Waals surface area contributed by atoms with Crippen LogP contribution in [0.2, 0.25) is 0 Å². The molecule has 0 aliphatic rings. The van der Waals surface area contributed by atoms with Gasteiger partial charge in [0.2, 0.25) is 0 Å². The Balaban J connectivity index is 2.56. The van der Waals surface area contributed by atoms with Crippen LogP contribution in [0.3, 0.4) is 0 Å². The third-order valence-corrected chi connectivity index (χ3v) is 2.37. The molecule has 0 bridgehead atoms. The molecule has 0 aliphatic carbocycles. The van der Waals surface area contributed by atoms with Crippen LogP contribution < -0.4 is 10.5 Å². The van der Waals surface area contributed by atoms with Crippen molar-refractivity contribution in [2.24, 2.45) is 5.73 Å². The van der Waals surface area contributed by atoms with E-state index in [1.54, 1.807) is 24.3 Å². The minimum absolute atomic E-state index is 0.228. The molecular formula is C12H16F3NO. The molecule has 96 valence electrons. The van der Waals surface area contributed by atoms with E-state index in [0.29, 0.717) is 6.54 Å². The van der Waals surface area contributed by atoms with Gasteiger partial charge in [-0.25, -0.2) is 0 Å². The predicted molar refractivity (Wildman–Crippen MR) is 60.0 cm³/mol. The van der Waals surface area contributed by atoms with Crippen LogP contribution in [-0.4, -0.2) is 18.8 Å². The Hall–Kier alpha value is -1.23. The lowest BCUT2D eigenvalue weighted by atomic mass is 10.1. The number of benzene rings is 1. The van der Waals surface area contributed by atoms with Crippen molar-refractivity contribution >= 4 is 0 Å². The normalized spacial score (nSPS) is 13.5. The lowest BCUT2D eigenvalue weighted by molar-refractivity contribution is -0.189. The van der Waals surface area contributed by atoms with Crippen LogP contribution in [0.1, 0.15) is 18.9 Å². The third kappa shape index (κ3) is 4.65. The van der Waals surface area contributed by atoms with Crippen molar-refractivity contribution in [3.8, 4) is 5.75 Å². The van der Waals surface area contributed by atoms with Crippen LogP contribution in [-0.2, 0) is 6.42 Å². The smallest absolute Gasteiger partial charge is 0.425 e. The van der Waals surface area contributed by atoms with Gasteiger partial charge in [-0.3, -0.25) is 0 Å². The molecule has 0 aromatic heterocycles. The summed E-state index contributed by atoms with van der Waals surface area (Å²) in [6, 6.07) is 6.62. The Morgan fingerprint density at radius 3 is 2.29 bits per heavy atom. The standard InChI is InChI=1S/C12H16F3NO/c1-9(12(13,14)15)17-11-6-4-10(5-7-11)3-2-8-16/h4-7,9H,2-3,8,16H2,1H3. The number of nitrogens with two attached hydrogens (primary N) is 1.